The minimum Gasteiger partial charge on any atom is -0.402 e. The molecule has 0 unspecified atom stereocenters. The maximum absolute atomic E-state index is 11.9. The van der Waals surface area contributed by atoms with Crippen molar-refractivity contribution >= 4 is 52.7 Å². The normalized spacial score (nSPS) is 15.9. The van der Waals surface area contributed by atoms with E-state index >= 15 is 0 Å². The van der Waals surface area contributed by atoms with Crippen molar-refractivity contribution in [1.29, 1.82) is 0 Å². The van der Waals surface area contributed by atoms with E-state index < -0.39 is 5.97 Å². The molecular weight excluding hydrogens is 345 g/mol. The van der Waals surface area contributed by atoms with Gasteiger partial charge in [-0.15, -0.1) is 0 Å². The monoisotopic (exact) mass is 351 g/mol. The van der Waals surface area contributed by atoms with Gasteiger partial charge in [0, 0.05) is 5.02 Å². The first-order valence-corrected chi connectivity index (χ1v) is 7.40. The summed E-state index contributed by atoms with van der Waals surface area (Å²) in [6, 6.07) is 12.1. The largest absolute Gasteiger partial charge is 0.402 e. The van der Waals surface area contributed by atoms with Crippen molar-refractivity contribution in [1.82, 2.24) is 0 Å². The number of esters is 1. The van der Waals surface area contributed by atoms with E-state index in [0.717, 1.165) is 5.56 Å². The summed E-state index contributed by atoms with van der Waals surface area (Å²) in [6.07, 6.45) is 1.60. The summed E-state index contributed by atoms with van der Waals surface area (Å²) < 4.78 is 5.16. The van der Waals surface area contributed by atoms with Crippen LogP contribution < -0.4 is 0 Å². The standard InChI is InChI=1S/C16H8Cl3NO2/c17-10-4-1-3-9(7-10)8-13-16(21)22-15(20-13)11-5-2-6-12(18)14(11)19/h1-8H/b13-8+. The molecule has 0 N–H and O–H groups in total. The third-order valence-electron chi connectivity index (χ3n) is 2.95. The molecule has 2 aromatic rings. The molecule has 0 atom stereocenters. The second-order valence-corrected chi connectivity index (χ2v) is 5.71. The van der Waals surface area contributed by atoms with Gasteiger partial charge in [-0.05, 0) is 35.9 Å². The van der Waals surface area contributed by atoms with Gasteiger partial charge >= 0.3 is 5.97 Å². The lowest BCUT2D eigenvalue weighted by atomic mass is 10.2. The number of carbonyl (C=O) groups is 1. The first-order chi connectivity index (χ1) is 10.5. The van der Waals surface area contributed by atoms with Gasteiger partial charge in [-0.2, -0.15) is 0 Å². The smallest absolute Gasteiger partial charge is 0.363 e. The Morgan fingerprint density at radius 2 is 1.82 bits per heavy atom. The molecule has 22 heavy (non-hydrogen) atoms. The number of ether oxygens (including phenoxy) is 1. The Kier molecular flexibility index (Phi) is 4.21. The summed E-state index contributed by atoms with van der Waals surface area (Å²) in [6.45, 7) is 0. The van der Waals surface area contributed by atoms with Gasteiger partial charge in [-0.1, -0.05) is 53.0 Å². The molecule has 3 nitrogen and oxygen atoms in total. The van der Waals surface area contributed by atoms with Crippen LogP contribution in [0.1, 0.15) is 11.1 Å². The zero-order valence-corrected chi connectivity index (χ0v) is 13.3. The van der Waals surface area contributed by atoms with Crippen molar-refractivity contribution in [2.24, 2.45) is 4.99 Å². The number of rotatable bonds is 2. The lowest BCUT2D eigenvalue weighted by Crippen LogP contribution is -2.06. The number of benzene rings is 2. The maximum atomic E-state index is 11.9. The van der Waals surface area contributed by atoms with Crippen molar-refractivity contribution < 1.29 is 9.53 Å². The molecule has 1 aliphatic rings. The number of aliphatic imine (C=N–C) groups is 1. The van der Waals surface area contributed by atoms with Gasteiger partial charge in [0.1, 0.15) is 0 Å². The molecule has 0 spiro atoms. The second kappa shape index (κ2) is 6.13. The number of nitrogens with zero attached hydrogens (tertiary/aromatic N) is 1. The summed E-state index contributed by atoms with van der Waals surface area (Å²) in [5, 5.41) is 1.23. The second-order valence-electron chi connectivity index (χ2n) is 4.49. The summed E-state index contributed by atoms with van der Waals surface area (Å²) in [4.78, 5) is 16.1. The molecule has 0 saturated carbocycles. The average Bonchev–Trinajstić information content (AvgIpc) is 2.83. The van der Waals surface area contributed by atoms with Gasteiger partial charge in [-0.3, -0.25) is 0 Å². The van der Waals surface area contributed by atoms with Gasteiger partial charge in [0.05, 0.1) is 15.6 Å². The SMILES string of the molecule is O=C1OC(c2cccc(Cl)c2Cl)=N/C1=C/c1cccc(Cl)c1. The minimum atomic E-state index is -0.550. The molecular formula is C16H8Cl3NO2. The number of halogens is 3. The third-order valence-corrected chi connectivity index (χ3v) is 4.01. The fourth-order valence-electron chi connectivity index (χ4n) is 1.95. The average molecular weight is 353 g/mol. The highest BCUT2D eigenvalue weighted by molar-refractivity contribution is 6.44. The summed E-state index contributed by atoms with van der Waals surface area (Å²) >= 11 is 18.0. The van der Waals surface area contributed by atoms with Gasteiger partial charge in [0.15, 0.2) is 5.70 Å². The van der Waals surface area contributed by atoms with E-state index in [-0.39, 0.29) is 11.6 Å². The van der Waals surface area contributed by atoms with Gasteiger partial charge in [-0.25, -0.2) is 9.79 Å². The molecule has 0 aromatic heterocycles. The van der Waals surface area contributed by atoms with Gasteiger partial charge in [0.2, 0.25) is 5.90 Å². The molecule has 2 aromatic carbocycles. The van der Waals surface area contributed by atoms with Crippen LogP contribution in [0.15, 0.2) is 53.2 Å². The van der Waals surface area contributed by atoms with Crippen molar-refractivity contribution in [2.45, 2.75) is 0 Å². The van der Waals surface area contributed by atoms with Crippen LogP contribution in [0.4, 0.5) is 0 Å². The van der Waals surface area contributed by atoms with Crippen LogP contribution in [0.25, 0.3) is 6.08 Å². The Hall–Kier alpha value is -1.81. The van der Waals surface area contributed by atoms with E-state index in [2.05, 4.69) is 4.99 Å². The lowest BCUT2D eigenvalue weighted by molar-refractivity contribution is -0.129. The fraction of sp³-hybridized carbons (Fsp3) is 0. The molecule has 0 radical (unpaired) electrons. The Morgan fingerprint density at radius 1 is 1.05 bits per heavy atom. The number of cyclic esters (lactones) is 1. The zero-order valence-electron chi connectivity index (χ0n) is 11.0. The Morgan fingerprint density at radius 3 is 2.59 bits per heavy atom. The highest BCUT2D eigenvalue weighted by Crippen LogP contribution is 2.29. The lowest BCUT2D eigenvalue weighted by Gasteiger charge is -2.03. The Balaban J connectivity index is 2.00. The molecule has 1 aliphatic heterocycles. The quantitative estimate of drug-likeness (QED) is 0.564. The maximum Gasteiger partial charge on any atom is 0.363 e. The molecule has 0 bridgehead atoms. The van der Waals surface area contributed by atoms with Gasteiger partial charge < -0.3 is 4.74 Å². The van der Waals surface area contributed by atoms with Gasteiger partial charge in [0.25, 0.3) is 0 Å². The highest BCUT2D eigenvalue weighted by Gasteiger charge is 2.26. The van der Waals surface area contributed by atoms with Crippen LogP contribution in [-0.4, -0.2) is 11.9 Å². The van der Waals surface area contributed by atoms with Crippen molar-refractivity contribution in [3.63, 3.8) is 0 Å². The fourth-order valence-corrected chi connectivity index (χ4v) is 2.53. The topological polar surface area (TPSA) is 38.7 Å². The van der Waals surface area contributed by atoms with E-state index in [1.807, 2.05) is 6.07 Å². The first-order valence-electron chi connectivity index (χ1n) is 6.27. The van der Waals surface area contributed by atoms with Crippen LogP contribution in [0.2, 0.25) is 15.1 Å². The third kappa shape index (κ3) is 3.02. The number of hydrogen-bond donors (Lipinski definition) is 0. The summed E-state index contributed by atoms with van der Waals surface area (Å²) in [5.74, 6) is -0.420. The van der Waals surface area contributed by atoms with E-state index in [1.54, 1.807) is 42.5 Å². The van der Waals surface area contributed by atoms with Crippen LogP contribution in [-0.2, 0) is 9.53 Å². The van der Waals surface area contributed by atoms with E-state index in [4.69, 9.17) is 39.5 Å². The van der Waals surface area contributed by atoms with Crippen molar-refractivity contribution in [3.8, 4) is 0 Å². The van der Waals surface area contributed by atoms with Crippen LogP contribution >= 0.6 is 34.8 Å². The van der Waals surface area contributed by atoms with Crippen LogP contribution in [0, 0.1) is 0 Å². The van der Waals surface area contributed by atoms with E-state index in [9.17, 15) is 4.79 Å². The predicted molar refractivity (Wildman–Crippen MR) is 88.5 cm³/mol. The minimum absolute atomic E-state index is 0.130. The van der Waals surface area contributed by atoms with Crippen LogP contribution in [0.3, 0.4) is 0 Å². The molecule has 0 amide bonds. The highest BCUT2D eigenvalue weighted by atomic mass is 35.5. The molecule has 110 valence electrons. The molecule has 3 rings (SSSR count). The molecule has 0 fully saturated rings. The van der Waals surface area contributed by atoms with Crippen molar-refractivity contribution in [2.75, 3.05) is 0 Å². The predicted octanol–water partition coefficient (Wildman–Crippen LogP) is 4.99. The van der Waals surface area contributed by atoms with Crippen molar-refractivity contribution in [3.05, 3.63) is 74.4 Å². The number of hydrogen-bond acceptors (Lipinski definition) is 3. The summed E-state index contributed by atoms with van der Waals surface area (Å²) in [5.41, 5.74) is 1.40. The Bertz CT molecular complexity index is 828. The molecule has 6 heteroatoms. The summed E-state index contributed by atoms with van der Waals surface area (Å²) in [7, 11) is 0. The molecule has 0 saturated heterocycles. The van der Waals surface area contributed by atoms with E-state index in [1.165, 1.54) is 0 Å². The van der Waals surface area contributed by atoms with Crippen LogP contribution in [0.5, 0.6) is 0 Å². The molecule has 1 heterocycles. The number of carbonyl (C=O) groups excluding carboxylic acids is 1. The van der Waals surface area contributed by atoms with E-state index in [0.29, 0.717) is 20.6 Å². The Labute approximate surface area is 141 Å². The molecule has 0 aliphatic carbocycles. The zero-order chi connectivity index (χ0) is 15.7. The first kappa shape index (κ1) is 15.1.